The summed E-state index contributed by atoms with van der Waals surface area (Å²) in [6.07, 6.45) is 1.73. The lowest BCUT2D eigenvalue weighted by molar-refractivity contribution is 0.638. The minimum Gasteiger partial charge on any atom is -0.275 e. The Morgan fingerprint density at radius 3 is 2.75 bits per heavy atom. The normalized spacial score (nSPS) is 10.2. The Hall–Kier alpha value is -1.10. The van der Waals surface area contributed by atoms with Crippen molar-refractivity contribution >= 4 is 5.95 Å². The number of hydrogen-bond donors (Lipinski definition) is 1. The number of anilines is 1. The Labute approximate surface area is 72.4 Å². The quantitative estimate of drug-likeness (QED) is 0.657. The predicted octanol–water partition coefficient (Wildman–Crippen LogP) is 0.259. The van der Waals surface area contributed by atoms with E-state index in [9.17, 15) is 0 Å². The van der Waals surface area contributed by atoms with Gasteiger partial charge in [-0.15, -0.1) is 5.10 Å². The van der Waals surface area contributed by atoms with E-state index >= 15 is 0 Å². The molecule has 0 aromatic carbocycles. The molecule has 0 bridgehead atoms. The Balaban J connectivity index is 2.72. The van der Waals surface area contributed by atoms with Crippen LogP contribution >= 0.6 is 0 Å². The maximum Gasteiger partial charge on any atom is 0.259 e. The first-order chi connectivity index (χ1) is 5.81. The summed E-state index contributed by atoms with van der Waals surface area (Å²) in [7, 11) is 1.86. The molecule has 5 nitrogen and oxygen atoms in total. The number of rotatable bonds is 4. The summed E-state index contributed by atoms with van der Waals surface area (Å²) in [5.41, 5.74) is 3.00. The van der Waals surface area contributed by atoms with Crippen LogP contribution in [-0.2, 0) is 6.54 Å². The molecule has 68 valence electrons. The zero-order chi connectivity index (χ0) is 8.97. The van der Waals surface area contributed by atoms with Crippen LogP contribution < -0.4 is 10.4 Å². The Morgan fingerprint density at radius 2 is 2.33 bits per heavy atom. The fourth-order valence-electron chi connectivity index (χ4n) is 0.960. The lowest BCUT2D eigenvalue weighted by atomic mass is 10.7. The summed E-state index contributed by atoms with van der Waals surface area (Å²) in [5.74, 6) is 0.724. The Morgan fingerprint density at radius 1 is 1.58 bits per heavy atom. The average Bonchev–Trinajstić information content (AvgIpc) is 2.55. The molecule has 0 saturated carbocycles. The molecule has 12 heavy (non-hydrogen) atoms. The molecule has 0 atom stereocenters. The molecular formula is C7H15N5. The second kappa shape index (κ2) is 4.06. The summed E-state index contributed by atoms with van der Waals surface area (Å²) in [5, 5.41) is 6.12. The van der Waals surface area contributed by atoms with Crippen molar-refractivity contribution in [1.82, 2.24) is 20.2 Å². The third kappa shape index (κ3) is 1.73. The molecule has 0 aliphatic carbocycles. The van der Waals surface area contributed by atoms with E-state index in [0.29, 0.717) is 0 Å². The molecule has 1 aromatic heterocycles. The van der Waals surface area contributed by atoms with Gasteiger partial charge in [0.15, 0.2) is 0 Å². The molecule has 1 aromatic rings. The highest BCUT2D eigenvalue weighted by Crippen LogP contribution is 2.01. The van der Waals surface area contributed by atoms with Crippen molar-refractivity contribution in [3.63, 3.8) is 0 Å². The molecule has 0 spiro atoms. The van der Waals surface area contributed by atoms with Crippen LogP contribution in [0.25, 0.3) is 0 Å². The summed E-state index contributed by atoms with van der Waals surface area (Å²) >= 11 is 0. The first-order valence-corrected chi connectivity index (χ1v) is 4.16. The molecule has 0 aliphatic rings. The first kappa shape index (κ1) is 8.99. The lowest BCUT2D eigenvalue weighted by Gasteiger charge is -2.16. The van der Waals surface area contributed by atoms with Gasteiger partial charge in [0, 0.05) is 20.1 Å². The van der Waals surface area contributed by atoms with Gasteiger partial charge < -0.3 is 0 Å². The van der Waals surface area contributed by atoms with Crippen LogP contribution in [0.1, 0.15) is 13.8 Å². The number of nitrogens with zero attached hydrogens (tertiary/aromatic N) is 4. The van der Waals surface area contributed by atoms with Crippen molar-refractivity contribution in [2.24, 2.45) is 0 Å². The van der Waals surface area contributed by atoms with Crippen molar-refractivity contribution in [2.75, 3.05) is 18.6 Å². The third-order valence-corrected chi connectivity index (χ3v) is 1.68. The van der Waals surface area contributed by atoms with Crippen LogP contribution in [0.2, 0.25) is 0 Å². The van der Waals surface area contributed by atoms with Crippen LogP contribution in [0.4, 0.5) is 5.95 Å². The highest BCUT2D eigenvalue weighted by Gasteiger charge is 2.05. The second-order valence-corrected chi connectivity index (χ2v) is 2.37. The van der Waals surface area contributed by atoms with Crippen molar-refractivity contribution in [2.45, 2.75) is 20.4 Å². The molecule has 1 heterocycles. The van der Waals surface area contributed by atoms with Gasteiger partial charge in [0.2, 0.25) is 0 Å². The zero-order valence-corrected chi connectivity index (χ0v) is 7.78. The van der Waals surface area contributed by atoms with Crippen LogP contribution in [0.15, 0.2) is 6.33 Å². The van der Waals surface area contributed by atoms with Crippen molar-refractivity contribution in [3.05, 3.63) is 6.33 Å². The summed E-state index contributed by atoms with van der Waals surface area (Å²) in [6.45, 7) is 5.79. The van der Waals surface area contributed by atoms with Crippen molar-refractivity contribution in [1.29, 1.82) is 0 Å². The third-order valence-electron chi connectivity index (χ3n) is 1.68. The smallest absolute Gasteiger partial charge is 0.259 e. The number of aryl methyl sites for hydroxylation is 1. The largest absolute Gasteiger partial charge is 0.275 e. The van der Waals surface area contributed by atoms with E-state index in [-0.39, 0.29) is 0 Å². The lowest BCUT2D eigenvalue weighted by Crippen LogP contribution is -2.35. The number of hydrogen-bond acceptors (Lipinski definition) is 4. The van der Waals surface area contributed by atoms with E-state index in [0.717, 1.165) is 19.0 Å². The molecule has 0 amide bonds. The Bertz CT molecular complexity index is 227. The van der Waals surface area contributed by atoms with Gasteiger partial charge in [-0.05, 0) is 13.8 Å². The fourth-order valence-corrected chi connectivity index (χ4v) is 0.960. The zero-order valence-electron chi connectivity index (χ0n) is 7.78. The maximum absolute atomic E-state index is 4.24. The molecule has 0 fully saturated rings. The van der Waals surface area contributed by atoms with Gasteiger partial charge in [-0.3, -0.25) is 9.69 Å². The molecule has 5 heteroatoms. The summed E-state index contributed by atoms with van der Waals surface area (Å²) < 4.78 is 1.80. The van der Waals surface area contributed by atoms with Gasteiger partial charge in [-0.2, -0.15) is 4.98 Å². The summed E-state index contributed by atoms with van der Waals surface area (Å²) in [6, 6.07) is 0. The van der Waals surface area contributed by atoms with E-state index < -0.39 is 0 Å². The van der Waals surface area contributed by atoms with Gasteiger partial charge in [0.1, 0.15) is 6.33 Å². The molecule has 0 unspecified atom stereocenters. The van der Waals surface area contributed by atoms with E-state index in [4.69, 9.17) is 0 Å². The SMILES string of the molecule is CCN(NC)c1ncn(CC)n1. The molecule has 0 aliphatic heterocycles. The molecule has 0 radical (unpaired) electrons. The molecule has 1 N–H and O–H groups in total. The molecule has 0 saturated heterocycles. The second-order valence-electron chi connectivity index (χ2n) is 2.37. The average molecular weight is 169 g/mol. The fraction of sp³-hybridized carbons (Fsp3) is 0.714. The van der Waals surface area contributed by atoms with Crippen LogP contribution in [-0.4, -0.2) is 28.4 Å². The van der Waals surface area contributed by atoms with Gasteiger partial charge in [-0.1, -0.05) is 0 Å². The van der Waals surface area contributed by atoms with Crippen molar-refractivity contribution < 1.29 is 0 Å². The minimum atomic E-state index is 0.724. The molecular weight excluding hydrogens is 154 g/mol. The van der Waals surface area contributed by atoms with E-state index in [1.165, 1.54) is 0 Å². The number of aromatic nitrogens is 3. The highest BCUT2D eigenvalue weighted by atomic mass is 15.6. The van der Waals surface area contributed by atoms with Gasteiger partial charge in [0.25, 0.3) is 5.95 Å². The first-order valence-electron chi connectivity index (χ1n) is 4.16. The highest BCUT2D eigenvalue weighted by molar-refractivity contribution is 5.23. The van der Waals surface area contributed by atoms with Crippen LogP contribution in [0.5, 0.6) is 0 Å². The van der Waals surface area contributed by atoms with Gasteiger partial charge in [0.05, 0.1) is 0 Å². The minimum absolute atomic E-state index is 0.724. The topological polar surface area (TPSA) is 46.0 Å². The van der Waals surface area contributed by atoms with Crippen LogP contribution in [0.3, 0.4) is 0 Å². The monoisotopic (exact) mass is 169 g/mol. The van der Waals surface area contributed by atoms with Crippen molar-refractivity contribution in [3.8, 4) is 0 Å². The predicted molar refractivity (Wildman–Crippen MR) is 47.8 cm³/mol. The standard InChI is InChI=1S/C7H15N5/c1-4-11-6-9-7(10-11)12(5-2)8-3/h6,8H,4-5H2,1-3H3. The maximum atomic E-state index is 4.24. The van der Waals surface area contributed by atoms with Crippen LogP contribution in [0, 0.1) is 0 Å². The summed E-state index contributed by atoms with van der Waals surface area (Å²) in [4.78, 5) is 4.14. The van der Waals surface area contributed by atoms with Gasteiger partial charge in [-0.25, -0.2) is 5.43 Å². The van der Waals surface area contributed by atoms with E-state index in [1.807, 2.05) is 25.9 Å². The number of hydrazine groups is 1. The Kier molecular flexibility index (Phi) is 3.04. The van der Waals surface area contributed by atoms with E-state index in [1.54, 1.807) is 11.0 Å². The number of nitrogens with one attached hydrogen (secondary N) is 1. The molecule has 1 rings (SSSR count). The van der Waals surface area contributed by atoms with E-state index in [2.05, 4.69) is 15.5 Å². The van der Waals surface area contributed by atoms with Gasteiger partial charge >= 0.3 is 0 Å².